The lowest BCUT2D eigenvalue weighted by Gasteiger charge is -2.34. The maximum atomic E-state index is 13.3. The Balaban J connectivity index is 1.93. The number of ketones is 1. The Morgan fingerprint density at radius 2 is 1.86 bits per heavy atom. The standard InChI is InChI=1S/C28H41Br2NO5S/c1-15-9-8-10-27(7)21(28(27,29)30)12-20(16(2)11-19-14-37-18(4)31-19)36-23(33)13-22(32)26(5,6)25(35)17(3)24(15)34/h11,14-15,17,20-22,24,32,34H,8-10,12-13H2,1-7H3/b16-11+/t15?,17?,20?,21-,22?,24?,27?/m0/s1. The molecule has 9 heteroatoms. The number of ether oxygens (including phenoxy) is 1. The van der Waals surface area contributed by atoms with Gasteiger partial charge in [0.25, 0.3) is 0 Å². The van der Waals surface area contributed by atoms with Crippen LogP contribution in [0.4, 0.5) is 0 Å². The zero-order valence-electron chi connectivity index (χ0n) is 22.9. The fraction of sp³-hybridized carbons (Fsp3) is 0.750. The average Bonchev–Trinajstić information content (AvgIpc) is 3.06. The number of carbonyl (C=O) groups excluding carboxylic acids is 2. The predicted molar refractivity (Wildman–Crippen MR) is 155 cm³/mol. The number of hydrogen-bond donors (Lipinski definition) is 2. The summed E-state index contributed by atoms with van der Waals surface area (Å²) in [5.41, 5.74) is 0.448. The van der Waals surface area contributed by atoms with Crippen molar-refractivity contribution in [3.8, 4) is 0 Å². The van der Waals surface area contributed by atoms with Gasteiger partial charge >= 0.3 is 5.97 Å². The molecule has 1 aliphatic carbocycles. The van der Waals surface area contributed by atoms with E-state index in [1.165, 1.54) is 0 Å². The van der Waals surface area contributed by atoms with Gasteiger partial charge in [-0.25, -0.2) is 4.98 Å². The zero-order chi connectivity index (χ0) is 27.9. The molecular weight excluding hydrogens is 622 g/mol. The molecule has 1 aromatic rings. The van der Waals surface area contributed by atoms with Crippen LogP contribution < -0.4 is 0 Å². The number of aliphatic hydroxyl groups is 2. The third kappa shape index (κ3) is 6.42. The van der Waals surface area contributed by atoms with E-state index in [-0.39, 0.29) is 32.7 Å². The highest BCUT2D eigenvalue weighted by molar-refractivity contribution is 9.25. The fourth-order valence-electron chi connectivity index (χ4n) is 5.72. The number of nitrogens with zero attached hydrogens (tertiary/aromatic N) is 1. The van der Waals surface area contributed by atoms with Crippen LogP contribution in [0.5, 0.6) is 0 Å². The van der Waals surface area contributed by atoms with Gasteiger partial charge in [-0.3, -0.25) is 9.59 Å². The first-order chi connectivity index (χ1) is 17.0. The molecule has 3 rings (SSSR count). The summed E-state index contributed by atoms with van der Waals surface area (Å²) in [6, 6.07) is 0. The third-order valence-electron chi connectivity index (χ3n) is 8.82. The van der Waals surface area contributed by atoms with Crippen molar-refractivity contribution in [1.82, 2.24) is 4.98 Å². The van der Waals surface area contributed by atoms with E-state index >= 15 is 0 Å². The molecule has 0 aromatic carbocycles. The van der Waals surface area contributed by atoms with Gasteiger partial charge in [0.15, 0.2) is 0 Å². The number of fused-ring (bicyclic) bond motifs is 1. The summed E-state index contributed by atoms with van der Waals surface area (Å²) >= 11 is 9.35. The minimum Gasteiger partial charge on any atom is -0.458 e. The largest absolute Gasteiger partial charge is 0.458 e. The molecule has 208 valence electrons. The van der Waals surface area contributed by atoms with Crippen LogP contribution in [-0.2, 0) is 14.3 Å². The number of alkyl halides is 2. The quantitative estimate of drug-likeness (QED) is 0.279. The summed E-state index contributed by atoms with van der Waals surface area (Å²) in [4.78, 5) is 30.9. The average molecular weight is 664 g/mol. The normalized spacial score (nSPS) is 37.5. The minimum absolute atomic E-state index is 0.0647. The first-order valence-corrected chi connectivity index (χ1v) is 15.6. The molecule has 0 radical (unpaired) electrons. The molecule has 1 saturated heterocycles. The van der Waals surface area contributed by atoms with Crippen LogP contribution >= 0.6 is 43.2 Å². The van der Waals surface area contributed by atoms with Gasteiger partial charge in [0, 0.05) is 11.3 Å². The topological polar surface area (TPSA) is 96.7 Å². The summed E-state index contributed by atoms with van der Waals surface area (Å²) in [5, 5.41) is 24.8. The monoisotopic (exact) mass is 661 g/mol. The van der Waals surface area contributed by atoms with Crippen molar-refractivity contribution in [3.63, 3.8) is 0 Å². The summed E-state index contributed by atoms with van der Waals surface area (Å²) in [7, 11) is 0. The zero-order valence-corrected chi connectivity index (χ0v) is 26.9. The number of thiazole rings is 1. The van der Waals surface area contributed by atoms with Gasteiger partial charge in [-0.2, -0.15) is 0 Å². The van der Waals surface area contributed by atoms with E-state index in [4.69, 9.17) is 4.74 Å². The SMILES string of the molecule is C/C(=C\c1csc(C)n1)C1C[C@@H]2C(Br)(Br)C2(C)CCCC(C)C(O)C(C)C(=O)C(C)(C)C(O)CC(=O)O1. The molecule has 0 spiro atoms. The molecule has 6 unspecified atom stereocenters. The highest BCUT2D eigenvalue weighted by atomic mass is 79.9. The van der Waals surface area contributed by atoms with E-state index in [0.717, 1.165) is 35.5 Å². The van der Waals surface area contributed by atoms with Crippen molar-refractivity contribution in [1.29, 1.82) is 0 Å². The molecular formula is C28H41Br2NO5S. The van der Waals surface area contributed by atoms with Crippen LogP contribution in [0.25, 0.3) is 6.08 Å². The van der Waals surface area contributed by atoms with Crippen LogP contribution in [-0.4, -0.2) is 48.5 Å². The molecule has 1 saturated carbocycles. The second kappa shape index (κ2) is 11.5. The van der Waals surface area contributed by atoms with Gasteiger partial charge in [0.1, 0.15) is 11.9 Å². The van der Waals surface area contributed by atoms with Gasteiger partial charge in [-0.15, -0.1) is 11.3 Å². The Bertz CT molecular complexity index is 1040. The second-order valence-corrected chi connectivity index (χ2v) is 16.6. The van der Waals surface area contributed by atoms with Crippen LogP contribution in [0.2, 0.25) is 0 Å². The number of aryl methyl sites for hydroxylation is 1. The summed E-state index contributed by atoms with van der Waals surface area (Å²) in [6.07, 6.45) is 2.35. The van der Waals surface area contributed by atoms with Gasteiger partial charge in [-0.1, -0.05) is 72.9 Å². The van der Waals surface area contributed by atoms with Gasteiger partial charge < -0.3 is 14.9 Å². The summed E-state index contributed by atoms with van der Waals surface area (Å²) in [5.74, 6) is -1.32. The van der Waals surface area contributed by atoms with Crippen LogP contribution in [0, 0.1) is 35.5 Å². The van der Waals surface area contributed by atoms with E-state index in [1.807, 2.05) is 32.2 Å². The van der Waals surface area contributed by atoms with Gasteiger partial charge in [0.2, 0.25) is 0 Å². The number of aliphatic hydroxyl groups excluding tert-OH is 2. The maximum absolute atomic E-state index is 13.3. The van der Waals surface area contributed by atoms with Crippen LogP contribution in [0.15, 0.2) is 11.0 Å². The van der Waals surface area contributed by atoms with Gasteiger partial charge in [0.05, 0.1) is 38.0 Å². The Kier molecular flexibility index (Phi) is 9.59. The number of carbonyl (C=O) groups is 2. The smallest absolute Gasteiger partial charge is 0.309 e. The predicted octanol–water partition coefficient (Wildman–Crippen LogP) is 6.44. The number of aromatic nitrogens is 1. The molecule has 2 aliphatic rings. The Morgan fingerprint density at radius 3 is 2.46 bits per heavy atom. The van der Waals surface area contributed by atoms with E-state index in [0.29, 0.717) is 6.42 Å². The van der Waals surface area contributed by atoms with Crippen molar-refractivity contribution in [3.05, 3.63) is 21.7 Å². The minimum atomic E-state index is -1.23. The molecule has 6 nitrogen and oxygen atoms in total. The van der Waals surface area contributed by atoms with E-state index in [2.05, 4.69) is 43.8 Å². The Hall–Kier alpha value is -0.610. The Labute approximate surface area is 241 Å². The van der Waals surface area contributed by atoms with Crippen molar-refractivity contribution in [2.24, 2.45) is 28.6 Å². The molecule has 2 N–H and O–H groups in total. The number of Topliss-reactive ketones (excluding diaryl/α,β-unsaturated/α-hetero) is 1. The molecule has 1 aliphatic heterocycles. The summed E-state index contributed by atoms with van der Waals surface area (Å²) < 4.78 is 5.72. The van der Waals surface area contributed by atoms with Crippen LogP contribution in [0.3, 0.4) is 0 Å². The number of halogens is 2. The van der Waals surface area contributed by atoms with E-state index < -0.39 is 35.6 Å². The van der Waals surface area contributed by atoms with Crippen molar-refractivity contribution >= 4 is 61.0 Å². The van der Waals surface area contributed by atoms with Crippen molar-refractivity contribution in [2.45, 2.75) is 102 Å². The highest BCUT2D eigenvalue weighted by Crippen LogP contribution is 2.75. The lowest BCUT2D eigenvalue weighted by Crippen LogP contribution is -2.45. The third-order valence-corrected chi connectivity index (χ3v) is 12.5. The molecule has 1 aromatic heterocycles. The number of cyclic esters (lactones) is 1. The fourth-order valence-corrected chi connectivity index (χ4v) is 8.39. The number of hydrogen-bond acceptors (Lipinski definition) is 7. The van der Waals surface area contributed by atoms with Crippen molar-refractivity contribution in [2.75, 3.05) is 0 Å². The van der Waals surface area contributed by atoms with Crippen LogP contribution in [0.1, 0.15) is 84.3 Å². The van der Waals surface area contributed by atoms with E-state index in [9.17, 15) is 19.8 Å². The second-order valence-electron chi connectivity index (χ2n) is 11.9. The summed E-state index contributed by atoms with van der Waals surface area (Å²) in [6.45, 7) is 13.1. The first kappa shape index (κ1) is 30.9. The lowest BCUT2D eigenvalue weighted by atomic mass is 9.73. The number of esters is 1. The van der Waals surface area contributed by atoms with E-state index in [1.54, 1.807) is 32.1 Å². The van der Waals surface area contributed by atoms with Crippen molar-refractivity contribution < 1.29 is 24.5 Å². The number of rotatable bonds is 2. The molecule has 0 amide bonds. The molecule has 2 heterocycles. The molecule has 7 atom stereocenters. The molecule has 37 heavy (non-hydrogen) atoms. The highest BCUT2D eigenvalue weighted by Gasteiger charge is 2.71. The lowest BCUT2D eigenvalue weighted by molar-refractivity contribution is -0.154. The Morgan fingerprint density at radius 1 is 1.22 bits per heavy atom. The first-order valence-electron chi connectivity index (χ1n) is 13.1. The molecule has 0 bridgehead atoms. The maximum Gasteiger partial charge on any atom is 0.309 e. The molecule has 2 fully saturated rings. The van der Waals surface area contributed by atoms with Gasteiger partial charge in [-0.05, 0) is 62.0 Å².